The second kappa shape index (κ2) is 13.3. The average Bonchev–Trinajstić information content (AvgIpc) is 3.48. The number of hydrogen-bond acceptors (Lipinski definition) is 5. The summed E-state index contributed by atoms with van der Waals surface area (Å²) in [7, 11) is 1.58. The molecule has 1 saturated carbocycles. The van der Waals surface area contributed by atoms with Gasteiger partial charge in [-0.05, 0) is 68.4 Å². The highest BCUT2D eigenvalue weighted by Crippen LogP contribution is 2.37. The number of benzene rings is 2. The molecule has 2 N–H and O–H groups in total. The number of nitrogens with one attached hydrogen (secondary N) is 2. The molecule has 4 rings (SSSR count). The smallest absolute Gasteiger partial charge is 0.255 e. The molecule has 1 atom stereocenters. The second-order valence-electron chi connectivity index (χ2n) is 9.37. The van der Waals surface area contributed by atoms with Gasteiger partial charge in [0.2, 0.25) is 5.96 Å². The molecule has 3 aromatic rings. The van der Waals surface area contributed by atoms with Crippen molar-refractivity contribution in [1.82, 2.24) is 15.5 Å². The van der Waals surface area contributed by atoms with Gasteiger partial charge in [-0.25, -0.2) is 0 Å². The van der Waals surface area contributed by atoms with Gasteiger partial charge in [-0.2, -0.15) is 5.26 Å². The molecule has 198 valence electrons. The Hall–Kier alpha value is -4.25. The van der Waals surface area contributed by atoms with Gasteiger partial charge in [-0.15, -0.1) is 0 Å². The summed E-state index contributed by atoms with van der Waals surface area (Å²) in [5.41, 5.74) is 1.61. The molecule has 8 nitrogen and oxygen atoms in total. The van der Waals surface area contributed by atoms with Gasteiger partial charge in [0.05, 0.1) is 31.5 Å². The van der Waals surface area contributed by atoms with Gasteiger partial charge in [0.25, 0.3) is 5.91 Å². The fourth-order valence-electron chi connectivity index (χ4n) is 5.28. The molecule has 0 bridgehead atoms. The number of aliphatic imine (C=N–C) groups is 1. The van der Waals surface area contributed by atoms with Gasteiger partial charge >= 0.3 is 0 Å². The van der Waals surface area contributed by atoms with Crippen molar-refractivity contribution < 1.29 is 13.9 Å². The minimum absolute atomic E-state index is 0.130. The highest BCUT2D eigenvalue weighted by molar-refractivity contribution is 5.97. The van der Waals surface area contributed by atoms with E-state index in [1.807, 2.05) is 55.6 Å². The van der Waals surface area contributed by atoms with E-state index in [2.05, 4.69) is 32.7 Å². The van der Waals surface area contributed by atoms with Crippen LogP contribution in [0, 0.1) is 17.4 Å². The molecule has 1 unspecified atom stereocenters. The number of furan rings is 1. The number of nitriles is 1. The Morgan fingerprint density at radius 1 is 1.11 bits per heavy atom. The number of methoxy groups -OCH3 is 1. The lowest BCUT2D eigenvalue weighted by molar-refractivity contribution is 0.0897. The van der Waals surface area contributed by atoms with Gasteiger partial charge in [-0.1, -0.05) is 42.5 Å². The maximum absolute atomic E-state index is 13.4. The van der Waals surface area contributed by atoms with Gasteiger partial charge in [0.15, 0.2) is 6.19 Å². The summed E-state index contributed by atoms with van der Waals surface area (Å²) in [6.07, 6.45) is 7.32. The first kappa shape index (κ1) is 26.8. The molecule has 0 spiro atoms. The number of hydrogen-bond donors (Lipinski definition) is 2. The van der Waals surface area contributed by atoms with Crippen LogP contribution < -0.4 is 15.4 Å². The quantitative estimate of drug-likeness (QED) is 0.175. The minimum atomic E-state index is -0.145. The Labute approximate surface area is 224 Å². The number of carbonyl (C=O) groups is 1. The molecule has 0 saturated heterocycles. The number of carbonyl (C=O) groups excluding carboxylic acids is 1. The number of para-hydroxylation sites is 1. The fourth-order valence-corrected chi connectivity index (χ4v) is 5.28. The molecule has 1 aliphatic rings. The summed E-state index contributed by atoms with van der Waals surface area (Å²) in [4.78, 5) is 20.1. The third kappa shape index (κ3) is 6.54. The van der Waals surface area contributed by atoms with E-state index in [0.717, 1.165) is 37.0 Å². The molecule has 1 heterocycles. The van der Waals surface area contributed by atoms with Crippen LogP contribution in [-0.2, 0) is 6.54 Å². The SMILES string of the molecule is CCN=C(NC#N)N(Cc1ccco1)C1CCC(C(NC(=O)c2ccccc2OC)c2ccccc2)CC1. The third-order valence-corrected chi connectivity index (χ3v) is 7.10. The summed E-state index contributed by atoms with van der Waals surface area (Å²) < 4.78 is 11.0. The zero-order chi connectivity index (χ0) is 26.7. The number of ether oxygens (including phenoxy) is 1. The molecule has 1 fully saturated rings. The van der Waals surface area contributed by atoms with Crippen LogP contribution in [0.3, 0.4) is 0 Å². The van der Waals surface area contributed by atoms with Crippen molar-refractivity contribution in [1.29, 1.82) is 5.26 Å². The second-order valence-corrected chi connectivity index (χ2v) is 9.37. The van der Waals surface area contributed by atoms with Crippen molar-refractivity contribution >= 4 is 11.9 Å². The molecular weight excluding hydrogens is 478 g/mol. The Morgan fingerprint density at radius 2 is 1.84 bits per heavy atom. The molecule has 38 heavy (non-hydrogen) atoms. The first-order valence-electron chi connectivity index (χ1n) is 13.1. The van der Waals surface area contributed by atoms with E-state index in [4.69, 9.17) is 9.15 Å². The van der Waals surface area contributed by atoms with Gasteiger partial charge < -0.3 is 19.4 Å². The first-order chi connectivity index (χ1) is 18.6. The average molecular weight is 514 g/mol. The number of guanidine groups is 1. The summed E-state index contributed by atoms with van der Waals surface area (Å²) >= 11 is 0. The van der Waals surface area contributed by atoms with E-state index in [9.17, 15) is 10.1 Å². The van der Waals surface area contributed by atoms with Crippen molar-refractivity contribution in [2.24, 2.45) is 10.9 Å². The summed E-state index contributed by atoms with van der Waals surface area (Å²) in [6, 6.07) is 21.3. The van der Waals surface area contributed by atoms with Crippen LogP contribution in [0.25, 0.3) is 0 Å². The van der Waals surface area contributed by atoms with Crippen molar-refractivity contribution in [3.05, 3.63) is 89.9 Å². The summed E-state index contributed by atoms with van der Waals surface area (Å²) in [5, 5.41) is 15.4. The number of amides is 1. The van der Waals surface area contributed by atoms with Crippen LogP contribution in [0.5, 0.6) is 5.75 Å². The molecule has 1 aromatic heterocycles. The van der Waals surface area contributed by atoms with Crippen molar-refractivity contribution in [3.8, 4) is 11.9 Å². The van der Waals surface area contributed by atoms with Crippen molar-refractivity contribution in [2.75, 3.05) is 13.7 Å². The van der Waals surface area contributed by atoms with E-state index >= 15 is 0 Å². The van der Waals surface area contributed by atoms with Crippen molar-refractivity contribution in [3.63, 3.8) is 0 Å². The topological polar surface area (TPSA) is 103 Å². The maximum Gasteiger partial charge on any atom is 0.255 e. The van der Waals surface area contributed by atoms with Gasteiger partial charge in [-0.3, -0.25) is 15.1 Å². The lowest BCUT2D eigenvalue weighted by atomic mass is 9.78. The van der Waals surface area contributed by atoms with E-state index < -0.39 is 0 Å². The Bertz CT molecular complexity index is 1230. The molecule has 0 radical (unpaired) electrons. The van der Waals surface area contributed by atoms with Crippen LogP contribution in [0.4, 0.5) is 0 Å². The number of rotatable bonds is 9. The van der Waals surface area contributed by atoms with E-state index in [1.165, 1.54) is 0 Å². The van der Waals surface area contributed by atoms with E-state index in [0.29, 0.717) is 30.4 Å². The van der Waals surface area contributed by atoms with Crippen LogP contribution >= 0.6 is 0 Å². The minimum Gasteiger partial charge on any atom is -0.496 e. The first-order valence-corrected chi connectivity index (χ1v) is 13.1. The molecule has 2 aromatic carbocycles. The maximum atomic E-state index is 13.4. The predicted octanol–water partition coefficient (Wildman–Crippen LogP) is 5.27. The van der Waals surface area contributed by atoms with Crippen LogP contribution in [-0.4, -0.2) is 36.5 Å². The van der Waals surface area contributed by atoms with Gasteiger partial charge in [0.1, 0.15) is 11.5 Å². The highest BCUT2D eigenvalue weighted by Gasteiger charge is 2.34. The lowest BCUT2D eigenvalue weighted by Crippen LogP contribution is -2.47. The summed E-state index contributed by atoms with van der Waals surface area (Å²) in [5.74, 6) is 2.06. The molecule has 1 aliphatic carbocycles. The van der Waals surface area contributed by atoms with Gasteiger partial charge in [0, 0.05) is 12.6 Å². The Morgan fingerprint density at radius 3 is 2.50 bits per heavy atom. The van der Waals surface area contributed by atoms with Crippen molar-refractivity contribution in [2.45, 2.75) is 51.2 Å². The largest absolute Gasteiger partial charge is 0.496 e. The van der Waals surface area contributed by atoms with Crippen LogP contribution in [0.1, 0.15) is 60.3 Å². The standard InChI is InChI=1S/C30H35N5O3/c1-3-32-30(33-21-31)35(20-25-12-9-19-38-25)24-17-15-23(16-18-24)28(22-10-5-4-6-11-22)34-29(36)26-13-7-8-14-27(26)37-2/h4-14,19,23-24,28H,3,15-18,20H2,1-2H3,(H,32,33)(H,34,36). The normalized spacial score (nSPS) is 18.2. The zero-order valence-corrected chi connectivity index (χ0v) is 22.0. The van der Waals surface area contributed by atoms with E-state index in [1.54, 1.807) is 25.5 Å². The zero-order valence-electron chi connectivity index (χ0n) is 22.0. The molecule has 8 heteroatoms. The van der Waals surface area contributed by atoms with E-state index in [-0.39, 0.29) is 23.9 Å². The lowest BCUT2D eigenvalue weighted by Gasteiger charge is -2.40. The van der Waals surface area contributed by atoms with Crippen LogP contribution in [0.15, 0.2) is 82.4 Å². The molecule has 0 aliphatic heterocycles. The predicted molar refractivity (Wildman–Crippen MR) is 146 cm³/mol. The highest BCUT2D eigenvalue weighted by atomic mass is 16.5. The number of nitrogens with zero attached hydrogens (tertiary/aromatic N) is 3. The van der Waals surface area contributed by atoms with Crippen LogP contribution in [0.2, 0.25) is 0 Å². The fraction of sp³-hybridized carbons (Fsp3) is 0.367. The monoisotopic (exact) mass is 513 g/mol. The third-order valence-electron chi connectivity index (χ3n) is 7.10. The summed E-state index contributed by atoms with van der Waals surface area (Å²) in [6.45, 7) is 3.05. The Balaban J connectivity index is 1.53. The molecular formula is C30H35N5O3. The Kier molecular flexibility index (Phi) is 9.41. The molecule has 1 amide bonds.